The molecule has 0 saturated heterocycles. The maximum absolute atomic E-state index is 11.3. The normalized spacial score (nSPS) is 11.1. The van der Waals surface area contributed by atoms with Gasteiger partial charge in [0.15, 0.2) is 0 Å². The minimum Gasteiger partial charge on any atom is -0.496 e. The van der Waals surface area contributed by atoms with Crippen molar-refractivity contribution in [3.05, 3.63) is 29.3 Å². The molecule has 1 rings (SSSR count). The zero-order valence-corrected chi connectivity index (χ0v) is 10.4. The first-order valence-corrected chi connectivity index (χ1v) is 5.23. The van der Waals surface area contributed by atoms with E-state index in [9.17, 15) is 4.79 Å². The number of nitrogens with two attached hydrogens (primary N) is 1. The summed E-state index contributed by atoms with van der Waals surface area (Å²) in [7, 11) is 1.45. The summed E-state index contributed by atoms with van der Waals surface area (Å²) in [6, 6.07) is 3.13. The van der Waals surface area contributed by atoms with Gasteiger partial charge in [-0.05, 0) is 19.7 Å². The first-order chi connectivity index (χ1) is 8.04. The van der Waals surface area contributed by atoms with E-state index in [0.29, 0.717) is 22.0 Å². The summed E-state index contributed by atoms with van der Waals surface area (Å²) >= 11 is 6.03. The number of amides is 1. The van der Waals surface area contributed by atoms with Crippen LogP contribution in [0.1, 0.15) is 22.8 Å². The molecule has 17 heavy (non-hydrogen) atoms. The molecule has 0 aromatic heterocycles. The Morgan fingerprint density at radius 1 is 1.53 bits per heavy atom. The molecule has 4 nitrogen and oxygen atoms in total. The quantitative estimate of drug-likeness (QED) is 0.838. The number of aliphatic imine (C=N–C) groups is 1. The second-order valence-electron chi connectivity index (χ2n) is 3.23. The zero-order chi connectivity index (χ0) is 13.0. The fourth-order valence-corrected chi connectivity index (χ4v) is 1.56. The Morgan fingerprint density at radius 3 is 2.59 bits per heavy atom. The molecule has 90 valence electrons. The molecule has 0 heterocycles. The number of nitrogens with zero attached hydrogens (tertiary/aromatic N) is 1. The molecule has 0 radical (unpaired) electrons. The second kappa shape index (κ2) is 5.50. The number of halogens is 1. The molecule has 1 aromatic carbocycles. The highest BCUT2D eigenvalue weighted by Crippen LogP contribution is 2.34. The Hall–Kier alpha value is -1.81. The topological polar surface area (TPSA) is 64.7 Å². The Balaban J connectivity index is 3.55. The van der Waals surface area contributed by atoms with Gasteiger partial charge in [0.05, 0.1) is 18.4 Å². The average molecular weight is 253 g/mol. The predicted molar refractivity (Wildman–Crippen MR) is 70.2 cm³/mol. The van der Waals surface area contributed by atoms with Crippen molar-refractivity contribution in [2.45, 2.75) is 6.92 Å². The summed E-state index contributed by atoms with van der Waals surface area (Å²) in [4.78, 5) is 15.1. The highest BCUT2D eigenvalue weighted by atomic mass is 35.5. The molecule has 0 saturated carbocycles. The molecule has 0 atom stereocenters. The minimum atomic E-state index is -0.584. The van der Waals surface area contributed by atoms with E-state index >= 15 is 0 Å². The van der Waals surface area contributed by atoms with E-state index in [-0.39, 0.29) is 5.56 Å². The average Bonchev–Trinajstić information content (AvgIpc) is 2.35. The maximum Gasteiger partial charge on any atom is 0.252 e. The minimum absolute atomic E-state index is 0.259. The van der Waals surface area contributed by atoms with Crippen LogP contribution in [0.15, 0.2) is 23.2 Å². The summed E-state index contributed by atoms with van der Waals surface area (Å²) in [5, 5.41) is 0.470. The fourth-order valence-electron chi connectivity index (χ4n) is 1.41. The van der Waals surface area contributed by atoms with E-state index in [0.717, 1.165) is 0 Å². The number of rotatable bonds is 4. The molecule has 0 spiro atoms. The van der Waals surface area contributed by atoms with E-state index < -0.39 is 5.91 Å². The molecule has 0 fully saturated rings. The third kappa shape index (κ3) is 2.65. The van der Waals surface area contributed by atoms with E-state index in [1.807, 2.05) is 0 Å². The van der Waals surface area contributed by atoms with Crippen molar-refractivity contribution in [3.63, 3.8) is 0 Å². The molecule has 2 N–H and O–H groups in total. The predicted octanol–water partition coefficient (Wildman–Crippen LogP) is 2.73. The lowest BCUT2D eigenvalue weighted by Gasteiger charge is -2.10. The summed E-state index contributed by atoms with van der Waals surface area (Å²) in [5.41, 5.74) is 6.66. The number of primary amides is 1. The highest BCUT2D eigenvalue weighted by molar-refractivity contribution is 6.49. The van der Waals surface area contributed by atoms with Gasteiger partial charge < -0.3 is 10.5 Å². The van der Waals surface area contributed by atoms with Crippen molar-refractivity contribution in [3.8, 4) is 5.75 Å². The molecule has 0 aliphatic heterocycles. The van der Waals surface area contributed by atoms with Gasteiger partial charge in [0.25, 0.3) is 5.91 Å². The van der Waals surface area contributed by atoms with Crippen LogP contribution in [0.4, 0.5) is 5.69 Å². The van der Waals surface area contributed by atoms with Crippen molar-refractivity contribution in [2.24, 2.45) is 10.7 Å². The molecule has 1 amide bonds. The van der Waals surface area contributed by atoms with Crippen LogP contribution >= 0.6 is 11.6 Å². The Labute approximate surface area is 105 Å². The number of ether oxygens (including phenoxy) is 1. The third-order valence-corrected chi connectivity index (χ3v) is 2.69. The van der Waals surface area contributed by atoms with Gasteiger partial charge >= 0.3 is 0 Å². The molecule has 0 aliphatic rings. The third-order valence-electron chi connectivity index (χ3n) is 2.26. The second-order valence-corrected chi connectivity index (χ2v) is 3.64. The first kappa shape index (κ1) is 13.3. The van der Waals surface area contributed by atoms with E-state index in [2.05, 4.69) is 11.7 Å². The summed E-state index contributed by atoms with van der Waals surface area (Å²) in [5.74, 6) is -0.233. The van der Waals surface area contributed by atoms with Gasteiger partial charge in [-0.1, -0.05) is 17.7 Å². The van der Waals surface area contributed by atoms with Crippen LogP contribution in [0.5, 0.6) is 5.75 Å². The lowest BCUT2D eigenvalue weighted by molar-refractivity contribution is 0.0997. The highest BCUT2D eigenvalue weighted by Gasteiger charge is 2.15. The molecular formula is C12H13ClN2O2. The van der Waals surface area contributed by atoms with Crippen LogP contribution in [0.25, 0.3) is 5.03 Å². The Bertz CT molecular complexity index is 496. The number of methoxy groups -OCH3 is 1. The van der Waals surface area contributed by atoms with Gasteiger partial charge in [-0.15, -0.1) is 0 Å². The molecule has 0 aliphatic carbocycles. The molecule has 1 aromatic rings. The number of carbonyl (C=O) groups is 1. The van der Waals surface area contributed by atoms with Gasteiger partial charge in [-0.2, -0.15) is 0 Å². The van der Waals surface area contributed by atoms with Gasteiger partial charge in [0.1, 0.15) is 5.75 Å². The maximum atomic E-state index is 11.3. The summed E-state index contributed by atoms with van der Waals surface area (Å²) in [6.07, 6.45) is 1.70. The monoisotopic (exact) mass is 252 g/mol. The van der Waals surface area contributed by atoms with Crippen molar-refractivity contribution < 1.29 is 9.53 Å². The largest absolute Gasteiger partial charge is 0.496 e. The van der Waals surface area contributed by atoms with E-state index in [4.69, 9.17) is 22.1 Å². The van der Waals surface area contributed by atoms with Gasteiger partial charge in [0.2, 0.25) is 0 Å². The molecule has 5 heteroatoms. The van der Waals surface area contributed by atoms with Crippen LogP contribution in [-0.4, -0.2) is 19.7 Å². The zero-order valence-electron chi connectivity index (χ0n) is 9.66. The number of benzene rings is 1. The lowest BCUT2D eigenvalue weighted by atomic mass is 10.1. The summed E-state index contributed by atoms with van der Waals surface area (Å²) < 4.78 is 5.07. The molecule has 0 bridgehead atoms. The van der Waals surface area contributed by atoms with Crippen LogP contribution in [0.3, 0.4) is 0 Å². The molecular weight excluding hydrogens is 240 g/mol. The van der Waals surface area contributed by atoms with Crippen molar-refractivity contribution in [1.82, 2.24) is 0 Å². The summed E-state index contributed by atoms with van der Waals surface area (Å²) in [6.45, 7) is 5.23. The Morgan fingerprint density at radius 2 is 2.18 bits per heavy atom. The fraction of sp³-hybridized carbons (Fsp3) is 0.167. The van der Waals surface area contributed by atoms with Crippen molar-refractivity contribution in [1.29, 1.82) is 0 Å². The van der Waals surface area contributed by atoms with Gasteiger partial charge in [0, 0.05) is 16.7 Å². The van der Waals surface area contributed by atoms with Crippen molar-refractivity contribution >= 4 is 34.9 Å². The van der Waals surface area contributed by atoms with Crippen LogP contribution < -0.4 is 10.5 Å². The smallest absolute Gasteiger partial charge is 0.252 e. The van der Waals surface area contributed by atoms with Gasteiger partial charge in [-0.3, -0.25) is 9.79 Å². The number of carbonyl (C=O) groups excluding carboxylic acids is 1. The van der Waals surface area contributed by atoms with E-state index in [1.165, 1.54) is 7.11 Å². The van der Waals surface area contributed by atoms with Crippen molar-refractivity contribution in [2.75, 3.05) is 7.11 Å². The van der Waals surface area contributed by atoms with Crippen LogP contribution in [0, 0.1) is 0 Å². The first-order valence-electron chi connectivity index (χ1n) is 4.85. The van der Waals surface area contributed by atoms with Gasteiger partial charge in [-0.25, -0.2) is 0 Å². The SMILES string of the molecule is C=Nc1cc(OC)c(C(N)=O)cc1/C(Cl)=C\C. The standard InChI is InChI=1S/C12H13ClN2O2/c1-4-9(13)7-5-8(12(14)16)11(17-3)6-10(7)15-2/h4-6H,2H2,1,3H3,(H2,14,16)/b9-4+. The Kier molecular flexibility index (Phi) is 4.29. The number of hydrogen-bond donors (Lipinski definition) is 1. The van der Waals surface area contributed by atoms with E-state index in [1.54, 1.807) is 25.1 Å². The number of hydrogen-bond acceptors (Lipinski definition) is 3. The molecule has 0 unspecified atom stereocenters. The van der Waals surface area contributed by atoms with Crippen LogP contribution in [-0.2, 0) is 0 Å². The van der Waals surface area contributed by atoms with Crippen LogP contribution in [0.2, 0.25) is 0 Å². The lowest BCUT2D eigenvalue weighted by Crippen LogP contribution is -2.12. The number of allylic oxidation sites excluding steroid dienone is 1.